The van der Waals surface area contributed by atoms with E-state index in [9.17, 15) is 13.2 Å². The number of nitrogens with one attached hydrogen (secondary N) is 1. The SMILES string of the molecule is O=C(O)c1ccc(Br)cc1NS(=O)(=O)c1ccccc1Cl. The van der Waals surface area contributed by atoms with E-state index in [1.54, 1.807) is 6.07 Å². The maximum absolute atomic E-state index is 12.3. The first-order chi connectivity index (χ1) is 9.81. The molecular formula is C13H9BrClNO4S. The fourth-order valence-electron chi connectivity index (χ4n) is 1.65. The van der Waals surface area contributed by atoms with Crippen molar-refractivity contribution in [2.75, 3.05) is 4.72 Å². The first kappa shape index (κ1) is 15.8. The Labute approximate surface area is 134 Å². The van der Waals surface area contributed by atoms with Crippen molar-refractivity contribution in [2.24, 2.45) is 0 Å². The van der Waals surface area contributed by atoms with Crippen LogP contribution < -0.4 is 4.72 Å². The van der Waals surface area contributed by atoms with Gasteiger partial charge in [-0.1, -0.05) is 39.7 Å². The molecular weight excluding hydrogens is 382 g/mol. The average Bonchev–Trinajstić information content (AvgIpc) is 2.38. The Morgan fingerprint density at radius 3 is 2.48 bits per heavy atom. The molecule has 0 aromatic heterocycles. The summed E-state index contributed by atoms with van der Waals surface area (Å²) < 4.78 is 27.4. The molecule has 0 aliphatic heterocycles. The Morgan fingerprint density at radius 2 is 1.86 bits per heavy atom. The maximum atomic E-state index is 12.3. The number of rotatable bonds is 4. The Balaban J connectivity index is 2.49. The molecule has 0 radical (unpaired) electrons. The van der Waals surface area contributed by atoms with Crippen LogP contribution in [0.3, 0.4) is 0 Å². The summed E-state index contributed by atoms with van der Waals surface area (Å²) in [6, 6.07) is 10.1. The van der Waals surface area contributed by atoms with Gasteiger partial charge in [-0.25, -0.2) is 13.2 Å². The van der Waals surface area contributed by atoms with Gasteiger partial charge in [-0.15, -0.1) is 0 Å². The molecule has 0 fully saturated rings. The Kier molecular flexibility index (Phi) is 4.55. The third kappa shape index (κ3) is 3.55. The van der Waals surface area contributed by atoms with Gasteiger partial charge in [-0.05, 0) is 30.3 Å². The van der Waals surface area contributed by atoms with E-state index in [2.05, 4.69) is 20.7 Å². The first-order valence-electron chi connectivity index (χ1n) is 5.61. The third-order valence-electron chi connectivity index (χ3n) is 2.58. The quantitative estimate of drug-likeness (QED) is 0.835. The van der Waals surface area contributed by atoms with Crippen LogP contribution in [0, 0.1) is 0 Å². The lowest BCUT2D eigenvalue weighted by molar-refractivity contribution is 0.0698. The number of anilines is 1. The summed E-state index contributed by atoms with van der Waals surface area (Å²) in [5.74, 6) is -1.24. The number of carbonyl (C=O) groups is 1. The van der Waals surface area contributed by atoms with E-state index in [4.69, 9.17) is 16.7 Å². The number of aromatic carboxylic acids is 1. The van der Waals surface area contributed by atoms with E-state index in [0.717, 1.165) is 0 Å². The number of carboxylic acids is 1. The van der Waals surface area contributed by atoms with Gasteiger partial charge in [0.15, 0.2) is 0 Å². The highest BCUT2D eigenvalue weighted by Gasteiger charge is 2.20. The molecule has 110 valence electrons. The molecule has 5 nitrogen and oxygen atoms in total. The number of benzene rings is 2. The monoisotopic (exact) mass is 389 g/mol. The van der Waals surface area contributed by atoms with Gasteiger partial charge in [-0.2, -0.15) is 0 Å². The Bertz CT molecular complexity index is 808. The molecule has 0 aliphatic rings. The van der Waals surface area contributed by atoms with Crippen LogP contribution in [0.5, 0.6) is 0 Å². The summed E-state index contributed by atoms with van der Waals surface area (Å²) in [7, 11) is -3.98. The Hall–Kier alpha value is -1.57. The standard InChI is InChI=1S/C13H9BrClNO4S/c14-8-5-6-9(13(17)18)11(7-8)16-21(19,20)12-4-2-1-3-10(12)15/h1-7,16H,(H,17,18). The minimum Gasteiger partial charge on any atom is -0.478 e. The normalized spacial score (nSPS) is 11.1. The van der Waals surface area contributed by atoms with E-state index in [0.29, 0.717) is 4.47 Å². The van der Waals surface area contributed by atoms with Crippen LogP contribution in [0.1, 0.15) is 10.4 Å². The lowest BCUT2D eigenvalue weighted by Crippen LogP contribution is -2.16. The summed E-state index contributed by atoms with van der Waals surface area (Å²) in [4.78, 5) is 11.0. The van der Waals surface area contributed by atoms with E-state index in [1.165, 1.54) is 36.4 Å². The lowest BCUT2D eigenvalue weighted by atomic mass is 10.2. The molecule has 0 unspecified atom stereocenters. The van der Waals surface area contributed by atoms with Crippen LogP contribution >= 0.6 is 27.5 Å². The third-order valence-corrected chi connectivity index (χ3v) is 4.94. The maximum Gasteiger partial charge on any atom is 0.337 e. The minimum absolute atomic E-state index is 0.0446. The molecule has 0 aliphatic carbocycles. The molecule has 0 saturated heterocycles. The summed E-state index contributed by atoms with van der Waals surface area (Å²) in [6.07, 6.45) is 0. The van der Waals surface area contributed by atoms with Gasteiger partial charge in [0.25, 0.3) is 10.0 Å². The van der Waals surface area contributed by atoms with E-state index in [1.807, 2.05) is 0 Å². The second kappa shape index (κ2) is 6.05. The van der Waals surface area contributed by atoms with Crippen LogP contribution in [-0.4, -0.2) is 19.5 Å². The molecule has 0 atom stereocenters. The predicted molar refractivity (Wildman–Crippen MR) is 83.4 cm³/mol. The van der Waals surface area contributed by atoms with Crippen molar-refractivity contribution in [3.8, 4) is 0 Å². The van der Waals surface area contributed by atoms with Gasteiger partial charge in [0.05, 0.1) is 16.3 Å². The zero-order valence-electron chi connectivity index (χ0n) is 10.4. The highest BCUT2D eigenvalue weighted by Crippen LogP contribution is 2.27. The van der Waals surface area contributed by atoms with Gasteiger partial charge in [0.1, 0.15) is 4.90 Å². The van der Waals surface area contributed by atoms with Crippen molar-refractivity contribution < 1.29 is 18.3 Å². The molecule has 2 rings (SSSR count). The number of halogens is 2. The van der Waals surface area contributed by atoms with Gasteiger partial charge < -0.3 is 5.11 Å². The molecule has 0 saturated carbocycles. The van der Waals surface area contributed by atoms with E-state index in [-0.39, 0.29) is 21.2 Å². The smallest absolute Gasteiger partial charge is 0.337 e. The summed E-state index contributed by atoms with van der Waals surface area (Å²) in [6.45, 7) is 0. The predicted octanol–water partition coefficient (Wildman–Crippen LogP) is 3.60. The Morgan fingerprint density at radius 1 is 1.19 bits per heavy atom. The van der Waals surface area contributed by atoms with Gasteiger partial charge in [-0.3, -0.25) is 4.72 Å². The van der Waals surface area contributed by atoms with Crippen LogP contribution in [-0.2, 0) is 10.0 Å². The topological polar surface area (TPSA) is 83.5 Å². The number of hydrogen-bond acceptors (Lipinski definition) is 3. The van der Waals surface area contributed by atoms with Gasteiger partial charge in [0, 0.05) is 4.47 Å². The zero-order chi connectivity index (χ0) is 15.6. The van der Waals surface area contributed by atoms with Crippen molar-refractivity contribution in [1.82, 2.24) is 0 Å². The fraction of sp³-hybridized carbons (Fsp3) is 0. The minimum atomic E-state index is -3.98. The molecule has 2 aromatic carbocycles. The number of carboxylic acid groups (broad SMARTS) is 1. The van der Waals surface area contributed by atoms with Gasteiger partial charge >= 0.3 is 5.97 Å². The highest BCUT2D eigenvalue weighted by molar-refractivity contribution is 9.10. The van der Waals surface area contributed by atoms with Crippen LogP contribution in [0.4, 0.5) is 5.69 Å². The van der Waals surface area contributed by atoms with Crippen molar-refractivity contribution in [3.05, 3.63) is 57.5 Å². The summed E-state index contributed by atoms with van der Waals surface area (Å²) >= 11 is 9.03. The van der Waals surface area contributed by atoms with Crippen LogP contribution in [0.2, 0.25) is 5.02 Å². The van der Waals surface area contributed by atoms with E-state index >= 15 is 0 Å². The zero-order valence-corrected chi connectivity index (χ0v) is 13.5. The molecule has 0 amide bonds. The van der Waals surface area contributed by atoms with Gasteiger partial charge in [0.2, 0.25) is 0 Å². The van der Waals surface area contributed by atoms with Crippen LogP contribution in [0.25, 0.3) is 0 Å². The first-order valence-corrected chi connectivity index (χ1v) is 8.27. The van der Waals surface area contributed by atoms with Crippen molar-refractivity contribution in [2.45, 2.75) is 4.90 Å². The summed E-state index contributed by atoms with van der Waals surface area (Å²) in [5.41, 5.74) is -0.203. The number of sulfonamides is 1. The molecule has 0 spiro atoms. The molecule has 2 N–H and O–H groups in total. The largest absolute Gasteiger partial charge is 0.478 e. The lowest BCUT2D eigenvalue weighted by Gasteiger charge is -2.12. The highest BCUT2D eigenvalue weighted by atomic mass is 79.9. The van der Waals surface area contributed by atoms with Crippen molar-refractivity contribution in [3.63, 3.8) is 0 Å². The second-order valence-electron chi connectivity index (χ2n) is 4.03. The molecule has 0 bridgehead atoms. The number of hydrogen-bond donors (Lipinski definition) is 2. The van der Waals surface area contributed by atoms with Crippen molar-refractivity contribution >= 4 is 49.2 Å². The summed E-state index contributed by atoms with van der Waals surface area (Å²) in [5, 5.41) is 9.16. The second-order valence-corrected chi connectivity index (χ2v) is 7.00. The molecule has 0 heterocycles. The average molecular weight is 391 g/mol. The molecule has 2 aromatic rings. The fourth-order valence-corrected chi connectivity index (χ4v) is 3.60. The van der Waals surface area contributed by atoms with E-state index < -0.39 is 16.0 Å². The van der Waals surface area contributed by atoms with Crippen LogP contribution in [0.15, 0.2) is 51.8 Å². The molecule has 8 heteroatoms. The van der Waals surface area contributed by atoms with Crippen molar-refractivity contribution in [1.29, 1.82) is 0 Å². The molecule has 21 heavy (non-hydrogen) atoms.